The largest absolute Gasteiger partial charge is 0.318 e. The van der Waals surface area contributed by atoms with Gasteiger partial charge in [-0.25, -0.2) is 0 Å². The molecule has 0 unspecified atom stereocenters. The van der Waals surface area contributed by atoms with Crippen LogP contribution in [0.5, 0.6) is 0 Å². The Morgan fingerprint density at radius 1 is 1.00 bits per heavy atom. The third-order valence-electron chi connectivity index (χ3n) is 2.51. The molecule has 0 rings (SSSR count). The summed E-state index contributed by atoms with van der Waals surface area (Å²) >= 11 is 0. The lowest BCUT2D eigenvalue weighted by atomic mass is 10.2. The van der Waals surface area contributed by atoms with E-state index in [-0.39, 0.29) is 0 Å². The zero-order valence-electron chi connectivity index (χ0n) is 11.1. The molecule has 0 aromatic rings. The van der Waals surface area contributed by atoms with Crippen LogP contribution in [-0.4, -0.2) is 50.7 Å². The molecule has 3 nitrogen and oxygen atoms in total. The molecule has 0 fully saturated rings. The fourth-order valence-corrected chi connectivity index (χ4v) is 1.50. The zero-order valence-corrected chi connectivity index (χ0v) is 11.1. The van der Waals surface area contributed by atoms with Gasteiger partial charge in [0.25, 0.3) is 0 Å². The van der Waals surface area contributed by atoms with Gasteiger partial charge in [-0.3, -0.25) is 4.90 Å². The van der Waals surface area contributed by atoms with E-state index in [2.05, 4.69) is 43.2 Å². The standard InChI is InChI=1S/C12H29N3/c1-11(2)10-14-7-9-15(12(3)4)8-6-13-5/h11-14H,6-10H2,1-5H3. The van der Waals surface area contributed by atoms with E-state index in [1.54, 1.807) is 0 Å². The van der Waals surface area contributed by atoms with Crippen molar-refractivity contribution in [2.24, 2.45) is 5.92 Å². The van der Waals surface area contributed by atoms with Crippen LogP contribution in [0.1, 0.15) is 27.7 Å². The van der Waals surface area contributed by atoms with Crippen molar-refractivity contribution in [1.82, 2.24) is 15.5 Å². The molecule has 0 saturated carbocycles. The number of hydrogen-bond acceptors (Lipinski definition) is 3. The van der Waals surface area contributed by atoms with Crippen molar-refractivity contribution in [3.05, 3.63) is 0 Å². The van der Waals surface area contributed by atoms with Crippen LogP contribution in [0, 0.1) is 5.92 Å². The molecule has 0 bridgehead atoms. The highest BCUT2D eigenvalue weighted by atomic mass is 15.2. The Kier molecular flexibility index (Phi) is 9.06. The first-order chi connectivity index (χ1) is 7.07. The van der Waals surface area contributed by atoms with Crippen LogP contribution in [-0.2, 0) is 0 Å². The molecule has 0 heterocycles. The average Bonchev–Trinajstić information content (AvgIpc) is 2.15. The highest BCUT2D eigenvalue weighted by Gasteiger charge is 2.07. The third-order valence-corrected chi connectivity index (χ3v) is 2.51. The van der Waals surface area contributed by atoms with Gasteiger partial charge in [0, 0.05) is 32.2 Å². The molecule has 2 N–H and O–H groups in total. The van der Waals surface area contributed by atoms with Crippen molar-refractivity contribution in [2.45, 2.75) is 33.7 Å². The van der Waals surface area contributed by atoms with E-state index in [0.29, 0.717) is 6.04 Å². The minimum Gasteiger partial charge on any atom is -0.318 e. The number of likely N-dealkylation sites (N-methyl/N-ethyl adjacent to an activating group) is 1. The number of hydrogen-bond donors (Lipinski definition) is 2. The van der Waals surface area contributed by atoms with E-state index < -0.39 is 0 Å². The molecular weight excluding hydrogens is 186 g/mol. The molecule has 0 aromatic carbocycles. The molecule has 0 radical (unpaired) electrons. The number of rotatable bonds is 9. The molecule has 0 saturated heterocycles. The van der Waals surface area contributed by atoms with Gasteiger partial charge in [-0.1, -0.05) is 13.8 Å². The third kappa shape index (κ3) is 8.85. The van der Waals surface area contributed by atoms with E-state index in [1.807, 2.05) is 7.05 Å². The molecule has 0 atom stereocenters. The van der Waals surface area contributed by atoms with E-state index in [4.69, 9.17) is 0 Å². The summed E-state index contributed by atoms with van der Waals surface area (Å²) < 4.78 is 0. The van der Waals surface area contributed by atoms with Crippen LogP contribution in [0.4, 0.5) is 0 Å². The van der Waals surface area contributed by atoms with Gasteiger partial charge in [-0.05, 0) is 33.4 Å². The van der Waals surface area contributed by atoms with Crippen molar-refractivity contribution < 1.29 is 0 Å². The number of nitrogens with one attached hydrogen (secondary N) is 2. The molecule has 3 heteroatoms. The van der Waals surface area contributed by atoms with Gasteiger partial charge in [-0.2, -0.15) is 0 Å². The maximum Gasteiger partial charge on any atom is 0.0110 e. The van der Waals surface area contributed by atoms with Gasteiger partial charge in [0.05, 0.1) is 0 Å². The summed E-state index contributed by atoms with van der Waals surface area (Å²) in [6.07, 6.45) is 0. The summed E-state index contributed by atoms with van der Waals surface area (Å²) in [6.45, 7) is 14.6. The molecule has 15 heavy (non-hydrogen) atoms. The van der Waals surface area contributed by atoms with Crippen molar-refractivity contribution in [1.29, 1.82) is 0 Å². The maximum atomic E-state index is 3.48. The number of nitrogens with zero attached hydrogens (tertiary/aromatic N) is 1. The van der Waals surface area contributed by atoms with E-state index >= 15 is 0 Å². The van der Waals surface area contributed by atoms with E-state index in [1.165, 1.54) is 0 Å². The van der Waals surface area contributed by atoms with Crippen LogP contribution < -0.4 is 10.6 Å². The SMILES string of the molecule is CNCCN(CCNCC(C)C)C(C)C. The Morgan fingerprint density at radius 3 is 2.07 bits per heavy atom. The molecule has 0 aliphatic carbocycles. The summed E-state index contributed by atoms with van der Waals surface area (Å²) in [5.74, 6) is 0.745. The van der Waals surface area contributed by atoms with Crippen LogP contribution in [0.25, 0.3) is 0 Å². The smallest absolute Gasteiger partial charge is 0.0110 e. The summed E-state index contributed by atoms with van der Waals surface area (Å²) in [6, 6.07) is 0.638. The lowest BCUT2D eigenvalue weighted by molar-refractivity contribution is 0.223. The maximum absolute atomic E-state index is 3.48. The van der Waals surface area contributed by atoms with Crippen LogP contribution in [0.15, 0.2) is 0 Å². The quantitative estimate of drug-likeness (QED) is 0.565. The second kappa shape index (κ2) is 9.13. The monoisotopic (exact) mass is 215 g/mol. The molecule has 0 aliphatic rings. The van der Waals surface area contributed by atoms with Gasteiger partial charge in [-0.15, -0.1) is 0 Å². The molecule has 92 valence electrons. The molecule has 0 spiro atoms. The fourth-order valence-electron chi connectivity index (χ4n) is 1.50. The van der Waals surface area contributed by atoms with Gasteiger partial charge in [0.2, 0.25) is 0 Å². The summed E-state index contributed by atoms with van der Waals surface area (Å²) in [5.41, 5.74) is 0. The summed E-state index contributed by atoms with van der Waals surface area (Å²) in [7, 11) is 2.01. The predicted octanol–water partition coefficient (Wildman–Crippen LogP) is 1.16. The molecule has 0 aromatic heterocycles. The Labute approximate surface area is 95.6 Å². The fraction of sp³-hybridized carbons (Fsp3) is 1.00. The Balaban J connectivity index is 3.57. The minimum absolute atomic E-state index is 0.638. The normalized spacial score (nSPS) is 12.0. The average molecular weight is 215 g/mol. The van der Waals surface area contributed by atoms with Crippen LogP contribution >= 0.6 is 0 Å². The lowest BCUT2D eigenvalue weighted by Crippen LogP contribution is -2.40. The zero-order chi connectivity index (χ0) is 11.7. The highest BCUT2D eigenvalue weighted by Crippen LogP contribution is 1.96. The van der Waals surface area contributed by atoms with Gasteiger partial charge < -0.3 is 10.6 Å². The molecular formula is C12H29N3. The highest BCUT2D eigenvalue weighted by molar-refractivity contribution is 4.65. The van der Waals surface area contributed by atoms with Crippen molar-refractivity contribution in [3.8, 4) is 0 Å². The second-order valence-electron chi connectivity index (χ2n) is 4.83. The van der Waals surface area contributed by atoms with E-state index in [0.717, 1.165) is 38.6 Å². The summed E-state index contributed by atoms with van der Waals surface area (Å²) in [5, 5.41) is 6.68. The van der Waals surface area contributed by atoms with Gasteiger partial charge in [0.15, 0.2) is 0 Å². The molecule has 0 aliphatic heterocycles. The second-order valence-corrected chi connectivity index (χ2v) is 4.83. The Morgan fingerprint density at radius 2 is 1.60 bits per heavy atom. The van der Waals surface area contributed by atoms with Crippen molar-refractivity contribution >= 4 is 0 Å². The first-order valence-electron chi connectivity index (χ1n) is 6.17. The topological polar surface area (TPSA) is 27.3 Å². The minimum atomic E-state index is 0.638. The van der Waals surface area contributed by atoms with Crippen LogP contribution in [0.2, 0.25) is 0 Å². The Hall–Kier alpha value is -0.120. The van der Waals surface area contributed by atoms with Gasteiger partial charge in [0.1, 0.15) is 0 Å². The van der Waals surface area contributed by atoms with Gasteiger partial charge >= 0.3 is 0 Å². The summed E-state index contributed by atoms with van der Waals surface area (Å²) in [4.78, 5) is 2.50. The first-order valence-corrected chi connectivity index (χ1v) is 6.17. The lowest BCUT2D eigenvalue weighted by Gasteiger charge is -2.26. The van der Waals surface area contributed by atoms with Crippen LogP contribution in [0.3, 0.4) is 0 Å². The van der Waals surface area contributed by atoms with Crippen molar-refractivity contribution in [2.75, 3.05) is 39.8 Å². The van der Waals surface area contributed by atoms with Crippen molar-refractivity contribution in [3.63, 3.8) is 0 Å². The first kappa shape index (κ1) is 14.9. The van der Waals surface area contributed by atoms with E-state index in [9.17, 15) is 0 Å². The predicted molar refractivity (Wildman–Crippen MR) is 68.3 cm³/mol. The Bertz CT molecular complexity index is 135. The molecule has 0 amide bonds.